The third-order valence-corrected chi connectivity index (χ3v) is 9.44. The van der Waals surface area contributed by atoms with Crippen LogP contribution in [0.2, 0.25) is 0 Å². The lowest BCUT2D eigenvalue weighted by Crippen LogP contribution is -1.94. The molecule has 17 heteroatoms. The number of fused-ring (bicyclic) bond motifs is 2. The van der Waals surface area contributed by atoms with Crippen LogP contribution in [0.25, 0.3) is 42.7 Å². The Bertz CT molecular complexity index is 2320. The molecule has 10 nitrogen and oxygen atoms in total. The molecular weight excluding hydrogens is 813 g/mol. The number of anilines is 4. The van der Waals surface area contributed by atoms with Crippen LogP contribution < -0.4 is 10.6 Å². The summed E-state index contributed by atoms with van der Waals surface area (Å²) < 4.78 is 11.7. The Morgan fingerprint density at radius 2 is 1.02 bits per heavy atom. The number of thiazole rings is 2. The number of alkyl halides is 1. The number of aromatic nitrogens is 6. The first-order chi connectivity index (χ1) is 25.6. The quantitative estimate of drug-likeness (QED) is 0.100. The molecule has 0 radical (unpaired) electrons. The largest absolute Gasteiger partial charge is 0.392 e. The van der Waals surface area contributed by atoms with Gasteiger partial charge in [-0.25, -0.2) is 19.9 Å². The molecule has 0 unspecified atom stereocenters. The smallest absolute Gasteiger partial charge is 0.339 e. The average molecular weight is 841 g/mol. The van der Waals surface area contributed by atoms with E-state index in [1.54, 1.807) is 65.9 Å². The van der Waals surface area contributed by atoms with Gasteiger partial charge in [-0.2, -0.15) is 0 Å². The van der Waals surface area contributed by atoms with Crippen molar-refractivity contribution >= 4 is 116 Å². The van der Waals surface area contributed by atoms with E-state index in [-0.39, 0.29) is 6.61 Å². The Morgan fingerprint density at radius 1 is 0.585 bits per heavy atom. The van der Waals surface area contributed by atoms with E-state index in [9.17, 15) is 9.67 Å². The van der Waals surface area contributed by atoms with E-state index < -0.39 is 5.20 Å². The van der Waals surface area contributed by atoms with E-state index in [1.165, 1.54) is 0 Å². The zero-order chi connectivity index (χ0) is 37.2. The standard InChI is InChI=1S/C18H13ClN4S.C18H14N4OS.Cl3OP/c19-11-12-3-8-21-17(9-12)23-18-22-15-2-1-14(10-16(15)24-18)13-4-6-20-7-5-13;23-11-12-3-8-20-17(9-12)22-18-21-15-2-1-14(10-16(15)24-18)13-4-6-19-7-5-13;1-5(2,3)4/h1-10H,11H2,(H,21,22,23);1-10,23H,11H2,(H,20,21,22);. The Hall–Kier alpha value is -4.23. The number of nitrogens with one attached hydrogen (secondary N) is 2. The zero-order valence-electron chi connectivity index (χ0n) is 27.3. The monoisotopic (exact) mass is 838 g/mol. The molecule has 0 amide bonds. The number of hydrogen-bond donors (Lipinski definition) is 3. The minimum Gasteiger partial charge on any atom is -0.392 e. The maximum Gasteiger partial charge on any atom is 0.339 e. The zero-order valence-corrected chi connectivity index (χ0v) is 32.8. The Morgan fingerprint density at radius 3 is 1.45 bits per heavy atom. The van der Waals surface area contributed by atoms with Gasteiger partial charge in [-0.05, 0) is 140 Å². The first-order valence-corrected chi connectivity index (χ1v) is 22.1. The number of benzene rings is 2. The maximum atomic E-state index is 9.51. The van der Waals surface area contributed by atoms with Crippen LogP contribution in [0.5, 0.6) is 0 Å². The van der Waals surface area contributed by atoms with Crippen molar-refractivity contribution in [3.63, 3.8) is 0 Å². The number of aliphatic hydroxyl groups is 1. The van der Waals surface area contributed by atoms with Crippen molar-refractivity contribution in [2.75, 3.05) is 10.6 Å². The van der Waals surface area contributed by atoms with Crippen molar-refractivity contribution in [2.24, 2.45) is 0 Å². The summed E-state index contributed by atoms with van der Waals surface area (Å²) in [5.74, 6) is 1.89. The van der Waals surface area contributed by atoms with Crippen LogP contribution in [-0.2, 0) is 17.1 Å². The highest BCUT2D eigenvalue weighted by Gasteiger charge is 2.09. The summed E-state index contributed by atoms with van der Waals surface area (Å²) in [7, 11) is 0. The molecular formula is C36H27Cl4N8O2PS2. The van der Waals surface area contributed by atoms with Gasteiger partial charge in [-0.1, -0.05) is 34.8 Å². The molecule has 0 aliphatic carbocycles. The fourth-order valence-corrected chi connectivity index (χ4v) is 6.88. The van der Waals surface area contributed by atoms with Crippen LogP contribution in [0.4, 0.5) is 21.9 Å². The SMILES string of the molecule is ClCc1ccnc(Nc2nc3ccc(-c4ccncc4)cc3s2)c1.O=P(Cl)(Cl)Cl.OCc1ccnc(Nc2nc3ccc(-c4ccncc4)cc3s2)c1. The molecule has 0 aliphatic rings. The van der Waals surface area contributed by atoms with Gasteiger partial charge in [-0.3, -0.25) is 14.5 Å². The average Bonchev–Trinajstić information content (AvgIpc) is 3.77. The number of nitrogens with zero attached hydrogens (tertiary/aromatic N) is 6. The Balaban J connectivity index is 0.000000161. The van der Waals surface area contributed by atoms with Gasteiger partial charge in [-0.15, -0.1) is 11.6 Å². The summed E-state index contributed by atoms with van der Waals surface area (Å²) in [6.45, 7) is -0.00760. The van der Waals surface area contributed by atoms with Gasteiger partial charge < -0.3 is 15.7 Å². The van der Waals surface area contributed by atoms with Crippen LogP contribution in [0, 0.1) is 0 Å². The van der Waals surface area contributed by atoms with E-state index in [4.69, 9.17) is 11.6 Å². The van der Waals surface area contributed by atoms with Crippen molar-refractivity contribution < 1.29 is 9.67 Å². The van der Waals surface area contributed by atoms with Gasteiger partial charge in [0, 0.05) is 43.1 Å². The van der Waals surface area contributed by atoms with E-state index in [2.05, 4.69) is 98.5 Å². The predicted octanol–water partition coefficient (Wildman–Crippen LogP) is 12.0. The minimum absolute atomic E-state index is 0.00760. The highest BCUT2D eigenvalue weighted by Crippen LogP contribution is 2.61. The topological polar surface area (TPSA) is 139 Å². The van der Waals surface area contributed by atoms with Crippen LogP contribution in [0.15, 0.2) is 122 Å². The van der Waals surface area contributed by atoms with E-state index in [0.29, 0.717) is 11.7 Å². The first-order valence-electron chi connectivity index (χ1n) is 15.6. The van der Waals surface area contributed by atoms with Crippen molar-refractivity contribution in [3.8, 4) is 22.3 Å². The van der Waals surface area contributed by atoms with E-state index in [0.717, 1.165) is 69.9 Å². The van der Waals surface area contributed by atoms with E-state index in [1.807, 2.05) is 54.6 Å². The molecule has 6 heterocycles. The van der Waals surface area contributed by atoms with Crippen LogP contribution >= 0.6 is 73.2 Å². The number of halogens is 4. The molecule has 3 N–H and O–H groups in total. The van der Waals surface area contributed by atoms with Gasteiger partial charge in [0.15, 0.2) is 10.3 Å². The third-order valence-electron chi connectivity index (χ3n) is 7.26. The molecule has 0 saturated carbocycles. The molecule has 53 heavy (non-hydrogen) atoms. The van der Waals surface area contributed by atoms with Gasteiger partial charge in [0.25, 0.3) is 0 Å². The highest BCUT2D eigenvalue weighted by molar-refractivity contribution is 8.24. The number of hydrogen-bond acceptors (Lipinski definition) is 12. The molecule has 8 rings (SSSR count). The van der Waals surface area contributed by atoms with Gasteiger partial charge in [0.2, 0.25) is 0 Å². The first kappa shape index (κ1) is 38.5. The third kappa shape index (κ3) is 11.4. The molecule has 0 aliphatic heterocycles. The lowest BCUT2D eigenvalue weighted by Gasteiger charge is -2.02. The summed E-state index contributed by atoms with van der Waals surface area (Å²) in [5, 5.41) is 14.0. The fraction of sp³-hybridized carbons (Fsp3) is 0.0556. The van der Waals surface area contributed by atoms with Crippen LogP contribution in [0.1, 0.15) is 11.1 Å². The molecule has 0 fully saturated rings. The summed E-state index contributed by atoms with van der Waals surface area (Å²) in [6.07, 6.45) is 10.6. The number of rotatable bonds is 8. The lowest BCUT2D eigenvalue weighted by atomic mass is 10.1. The Labute approximate surface area is 331 Å². The van der Waals surface area contributed by atoms with Crippen LogP contribution in [0.3, 0.4) is 0 Å². The molecule has 2 aromatic carbocycles. The van der Waals surface area contributed by atoms with Crippen LogP contribution in [-0.4, -0.2) is 35.0 Å². The molecule has 8 aromatic rings. The summed E-state index contributed by atoms with van der Waals surface area (Å²) >= 11 is 22.9. The van der Waals surface area contributed by atoms with Gasteiger partial charge >= 0.3 is 5.20 Å². The molecule has 0 saturated heterocycles. The molecule has 0 bridgehead atoms. The molecule has 0 spiro atoms. The Kier molecular flexibility index (Phi) is 13.2. The second-order valence-corrected chi connectivity index (χ2v) is 19.9. The normalized spacial score (nSPS) is 11.0. The minimum atomic E-state index is -3.22. The van der Waals surface area contributed by atoms with Crippen molar-refractivity contribution in [2.45, 2.75) is 12.5 Å². The van der Waals surface area contributed by atoms with E-state index >= 15 is 0 Å². The molecule has 268 valence electrons. The molecule has 0 atom stereocenters. The van der Waals surface area contributed by atoms with Crippen molar-refractivity contribution in [3.05, 3.63) is 133 Å². The summed E-state index contributed by atoms with van der Waals surface area (Å²) in [5.41, 5.74) is 8.32. The second kappa shape index (κ2) is 18.2. The summed E-state index contributed by atoms with van der Waals surface area (Å²) in [6, 6.07) is 27.9. The van der Waals surface area contributed by atoms with Crippen molar-refractivity contribution in [1.29, 1.82) is 0 Å². The highest BCUT2D eigenvalue weighted by atomic mass is 36.0. The lowest BCUT2D eigenvalue weighted by molar-refractivity contribution is 0.282. The van der Waals surface area contributed by atoms with Gasteiger partial charge in [0.1, 0.15) is 11.6 Å². The second-order valence-electron chi connectivity index (χ2n) is 10.9. The van der Waals surface area contributed by atoms with Gasteiger partial charge in [0.05, 0.1) is 27.0 Å². The maximum absolute atomic E-state index is 9.51. The number of aliphatic hydroxyl groups excluding tert-OH is 1. The number of pyridine rings is 4. The predicted molar refractivity (Wildman–Crippen MR) is 221 cm³/mol. The summed E-state index contributed by atoms with van der Waals surface area (Å²) in [4.78, 5) is 25.9. The van der Waals surface area contributed by atoms with Crippen molar-refractivity contribution in [1.82, 2.24) is 29.9 Å². The fourth-order valence-electron chi connectivity index (χ4n) is 4.89. The molecule has 6 aromatic heterocycles.